The van der Waals surface area contributed by atoms with Crippen LogP contribution in [-0.2, 0) is 0 Å². The van der Waals surface area contributed by atoms with E-state index in [1.165, 1.54) is 0 Å². The number of hydrogen-bond donors (Lipinski definition) is 2. The van der Waals surface area contributed by atoms with E-state index < -0.39 is 5.91 Å². The van der Waals surface area contributed by atoms with Crippen LogP contribution in [0.5, 0.6) is 0 Å². The van der Waals surface area contributed by atoms with Gasteiger partial charge in [0, 0.05) is 16.6 Å². The topological polar surface area (TPSA) is 71.3 Å². The van der Waals surface area contributed by atoms with Crippen LogP contribution in [0.4, 0.5) is 11.4 Å². The Morgan fingerprint density at radius 2 is 1.40 bits per heavy atom. The van der Waals surface area contributed by atoms with Crippen LogP contribution in [0.1, 0.15) is 37.6 Å². The first-order valence-corrected chi connectivity index (χ1v) is 9.70. The van der Waals surface area contributed by atoms with Crippen molar-refractivity contribution < 1.29 is 14.0 Å². The summed E-state index contributed by atoms with van der Waals surface area (Å²) in [4.78, 5) is 25.9. The lowest BCUT2D eigenvalue weighted by Gasteiger charge is -2.09. The van der Waals surface area contributed by atoms with E-state index in [4.69, 9.17) is 4.42 Å². The summed E-state index contributed by atoms with van der Waals surface area (Å²) in [7, 11) is 0. The zero-order valence-corrected chi connectivity index (χ0v) is 17.1. The zero-order chi connectivity index (χ0) is 21.3. The number of furan rings is 1. The van der Waals surface area contributed by atoms with Gasteiger partial charge in [-0.2, -0.15) is 0 Å². The molecule has 0 atom stereocenters. The van der Waals surface area contributed by atoms with Gasteiger partial charge in [0.25, 0.3) is 11.8 Å². The third kappa shape index (κ3) is 3.96. The molecule has 0 aliphatic carbocycles. The number of anilines is 2. The second-order valence-corrected chi connectivity index (χ2v) is 7.45. The van der Waals surface area contributed by atoms with Crippen LogP contribution >= 0.6 is 0 Å². The highest BCUT2D eigenvalue weighted by atomic mass is 16.3. The Kier molecular flexibility index (Phi) is 5.11. The summed E-state index contributed by atoms with van der Waals surface area (Å²) in [5.41, 5.74) is 5.16. The molecule has 0 saturated heterocycles. The summed E-state index contributed by atoms with van der Waals surface area (Å²) in [5, 5.41) is 6.39. The van der Waals surface area contributed by atoms with E-state index in [2.05, 4.69) is 10.6 Å². The monoisotopic (exact) mass is 398 g/mol. The van der Waals surface area contributed by atoms with Gasteiger partial charge < -0.3 is 15.1 Å². The molecule has 4 aromatic rings. The third-order valence-corrected chi connectivity index (χ3v) is 4.83. The van der Waals surface area contributed by atoms with Crippen LogP contribution in [-0.4, -0.2) is 11.8 Å². The summed E-state index contributed by atoms with van der Waals surface area (Å²) in [6.45, 7) is 5.86. The minimum absolute atomic E-state index is 0.0644. The first kappa shape index (κ1) is 19.5. The summed E-state index contributed by atoms with van der Waals surface area (Å²) in [6, 6.07) is 20.4. The quantitative estimate of drug-likeness (QED) is 0.452. The van der Waals surface area contributed by atoms with Crippen molar-refractivity contribution in [1.82, 2.24) is 0 Å². The Morgan fingerprint density at radius 3 is 2.10 bits per heavy atom. The van der Waals surface area contributed by atoms with E-state index in [1.54, 1.807) is 6.07 Å². The van der Waals surface area contributed by atoms with E-state index in [1.807, 2.05) is 81.4 Å². The molecule has 0 unspecified atom stereocenters. The molecule has 5 nitrogen and oxygen atoms in total. The van der Waals surface area contributed by atoms with Crippen molar-refractivity contribution in [1.29, 1.82) is 0 Å². The molecule has 30 heavy (non-hydrogen) atoms. The number of fused-ring (bicyclic) bond motifs is 1. The Labute approximate surface area is 174 Å². The molecule has 0 aliphatic heterocycles. The third-order valence-electron chi connectivity index (χ3n) is 4.83. The van der Waals surface area contributed by atoms with Crippen molar-refractivity contribution in [3.8, 4) is 0 Å². The molecular weight excluding hydrogens is 376 g/mol. The van der Waals surface area contributed by atoms with Crippen molar-refractivity contribution in [2.24, 2.45) is 0 Å². The number of benzene rings is 3. The van der Waals surface area contributed by atoms with Crippen LogP contribution in [0.25, 0.3) is 11.0 Å². The second kappa shape index (κ2) is 7.87. The van der Waals surface area contributed by atoms with Gasteiger partial charge in [0.1, 0.15) is 11.3 Å². The minimum atomic E-state index is -0.425. The Balaban J connectivity index is 1.70. The normalized spacial score (nSPS) is 10.8. The molecule has 150 valence electrons. The lowest BCUT2D eigenvalue weighted by molar-refractivity contribution is 0.0999. The minimum Gasteiger partial charge on any atom is -0.449 e. The molecule has 0 saturated carbocycles. The van der Waals surface area contributed by atoms with Crippen LogP contribution in [0, 0.1) is 20.8 Å². The van der Waals surface area contributed by atoms with Gasteiger partial charge in [0.2, 0.25) is 5.76 Å². The highest BCUT2D eigenvalue weighted by molar-refractivity contribution is 6.16. The molecule has 4 rings (SSSR count). The van der Waals surface area contributed by atoms with Gasteiger partial charge in [-0.25, -0.2) is 0 Å². The van der Waals surface area contributed by atoms with Crippen LogP contribution < -0.4 is 10.6 Å². The van der Waals surface area contributed by atoms with Crippen molar-refractivity contribution in [3.05, 3.63) is 94.7 Å². The van der Waals surface area contributed by atoms with Gasteiger partial charge in [0.15, 0.2) is 0 Å². The molecule has 0 fully saturated rings. The van der Waals surface area contributed by atoms with Crippen molar-refractivity contribution in [2.45, 2.75) is 20.8 Å². The molecule has 5 heteroatoms. The molecule has 0 aliphatic rings. The molecule has 0 radical (unpaired) electrons. The fourth-order valence-corrected chi connectivity index (χ4v) is 3.45. The Hall–Kier alpha value is -3.86. The fraction of sp³-hybridized carbons (Fsp3) is 0.120. The van der Waals surface area contributed by atoms with Crippen molar-refractivity contribution in [2.75, 3.05) is 10.6 Å². The number of carbonyl (C=O) groups excluding carboxylic acids is 2. The van der Waals surface area contributed by atoms with Crippen LogP contribution in [0.3, 0.4) is 0 Å². The molecule has 1 heterocycles. The van der Waals surface area contributed by atoms with Gasteiger partial charge in [-0.1, -0.05) is 47.0 Å². The van der Waals surface area contributed by atoms with Gasteiger partial charge in [-0.15, -0.1) is 0 Å². The fourth-order valence-electron chi connectivity index (χ4n) is 3.45. The Bertz CT molecular complexity index is 1230. The molecule has 2 amide bonds. The maximum absolute atomic E-state index is 13.0. The van der Waals surface area contributed by atoms with Crippen molar-refractivity contribution >= 4 is 34.2 Å². The standard InChI is InChI=1S/C25H22N2O3/c1-15-8-10-19(11-9-15)26-25(29)23-22(20-6-4-5-7-21(20)30-23)27-24(28)18-13-16(2)12-17(3)14-18/h4-14H,1-3H3,(H,26,29)(H,27,28). The molecule has 3 aromatic carbocycles. The summed E-state index contributed by atoms with van der Waals surface area (Å²) >= 11 is 0. The van der Waals surface area contributed by atoms with Gasteiger partial charge in [-0.3, -0.25) is 9.59 Å². The number of para-hydroxylation sites is 1. The van der Waals surface area contributed by atoms with Crippen LogP contribution in [0.2, 0.25) is 0 Å². The van der Waals surface area contributed by atoms with Gasteiger partial charge >= 0.3 is 0 Å². The average Bonchev–Trinajstić information content (AvgIpc) is 3.07. The van der Waals surface area contributed by atoms with E-state index >= 15 is 0 Å². The second-order valence-electron chi connectivity index (χ2n) is 7.45. The molecular formula is C25H22N2O3. The molecule has 2 N–H and O–H groups in total. The molecule has 1 aromatic heterocycles. The molecule has 0 spiro atoms. The summed E-state index contributed by atoms with van der Waals surface area (Å²) < 4.78 is 5.81. The summed E-state index contributed by atoms with van der Waals surface area (Å²) in [5.74, 6) is -0.655. The number of carbonyl (C=O) groups is 2. The van der Waals surface area contributed by atoms with E-state index in [-0.39, 0.29) is 11.7 Å². The van der Waals surface area contributed by atoms with E-state index in [9.17, 15) is 9.59 Å². The number of nitrogens with one attached hydrogen (secondary N) is 2. The average molecular weight is 398 g/mol. The lowest BCUT2D eigenvalue weighted by Crippen LogP contribution is -2.17. The highest BCUT2D eigenvalue weighted by Gasteiger charge is 2.23. The number of hydrogen-bond acceptors (Lipinski definition) is 3. The Morgan fingerprint density at radius 1 is 0.733 bits per heavy atom. The highest BCUT2D eigenvalue weighted by Crippen LogP contribution is 2.32. The number of rotatable bonds is 4. The maximum atomic E-state index is 13.0. The lowest BCUT2D eigenvalue weighted by atomic mass is 10.1. The van der Waals surface area contributed by atoms with Gasteiger partial charge in [-0.05, 0) is 57.2 Å². The van der Waals surface area contributed by atoms with E-state index in [0.29, 0.717) is 27.9 Å². The van der Waals surface area contributed by atoms with Crippen molar-refractivity contribution in [3.63, 3.8) is 0 Å². The maximum Gasteiger partial charge on any atom is 0.293 e. The first-order valence-electron chi connectivity index (χ1n) is 9.70. The summed E-state index contributed by atoms with van der Waals surface area (Å²) in [6.07, 6.45) is 0. The smallest absolute Gasteiger partial charge is 0.293 e. The number of amides is 2. The van der Waals surface area contributed by atoms with Gasteiger partial charge in [0.05, 0.1) is 0 Å². The largest absolute Gasteiger partial charge is 0.449 e. The van der Waals surface area contributed by atoms with E-state index in [0.717, 1.165) is 16.7 Å². The SMILES string of the molecule is Cc1ccc(NC(=O)c2oc3ccccc3c2NC(=O)c2cc(C)cc(C)c2)cc1. The first-order chi connectivity index (χ1) is 14.4. The predicted octanol–water partition coefficient (Wildman–Crippen LogP) is 5.86. The molecule has 0 bridgehead atoms. The predicted molar refractivity (Wildman–Crippen MR) is 119 cm³/mol. The van der Waals surface area contributed by atoms with Crippen LogP contribution in [0.15, 0.2) is 71.1 Å². The number of aryl methyl sites for hydroxylation is 3. The zero-order valence-electron chi connectivity index (χ0n) is 17.1.